The fraction of sp³-hybridized carbons (Fsp3) is 0.190. The molecule has 1 amide bonds. The van der Waals surface area contributed by atoms with E-state index in [1.165, 1.54) is 0 Å². The highest BCUT2D eigenvalue weighted by Crippen LogP contribution is 2.45. The summed E-state index contributed by atoms with van der Waals surface area (Å²) < 4.78 is 7.14. The van der Waals surface area contributed by atoms with E-state index in [0.29, 0.717) is 28.7 Å². The molecule has 1 atom stereocenters. The average Bonchev–Trinajstić information content (AvgIpc) is 3.05. The number of nitrogens with two attached hydrogens (primary N) is 1. The minimum atomic E-state index is -0.826. The van der Waals surface area contributed by atoms with Gasteiger partial charge in [-0.15, -0.1) is 11.8 Å². The molecule has 148 valence electrons. The zero-order valence-corrected chi connectivity index (χ0v) is 16.1. The van der Waals surface area contributed by atoms with Crippen LogP contribution in [0.25, 0.3) is 10.9 Å². The van der Waals surface area contributed by atoms with E-state index < -0.39 is 23.7 Å². The van der Waals surface area contributed by atoms with Gasteiger partial charge in [-0.25, -0.2) is 4.79 Å². The maximum absolute atomic E-state index is 12.9. The van der Waals surface area contributed by atoms with Gasteiger partial charge in [0.15, 0.2) is 5.78 Å². The molecule has 0 fully saturated rings. The van der Waals surface area contributed by atoms with Crippen molar-refractivity contribution in [1.82, 2.24) is 4.57 Å². The minimum absolute atomic E-state index is 0.117. The Morgan fingerprint density at radius 2 is 1.93 bits per heavy atom. The molecule has 8 heteroatoms. The van der Waals surface area contributed by atoms with E-state index in [4.69, 9.17) is 15.6 Å². The highest BCUT2D eigenvalue weighted by Gasteiger charge is 2.37. The van der Waals surface area contributed by atoms with Gasteiger partial charge in [-0.3, -0.25) is 9.59 Å². The number of nitrogens with zero attached hydrogens (tertiary/aromatic N) is 1. The molecule has 0 spiro atoms. The first-order chi connectivity index (χ1) is 14.0. The van der Waals surface area contributed by atoms with E-state index in [2.05, 4.69) is 0 Å². The summed E-state index contributed by atoms with van der Waals surface area (Å²) in [5, 5.41) is 8.83. The highest BCUT2D eigenvalue weighted by atomic mass is 32.2. The predicted molar refractivity (Wildman–Crippen MR) is 109 cm³/mol. The van der Waals surface area contributed by atoms with Gasteiger partial charge in [0.1, 0.15) is 17.6 Å². The number of hydrogen-bond donors (Lipinski definition) is 2. The Labute approximate surface area is 170 Å². The van der Waals surface area contributed by atoms with Crippen molar-refractivity contribution in [2.45, 2.75) is 11.8 Å². The zero-order chi connectivity index (χ0) is 20.5. The highest BCUT2D eigenvalue weighted by molar-refractivity contribution is 8.01. The molecule has 1 aliphatic rings. The fourth-order valence-electron chi connectivity index (χ4n) is 3.66. The number of fused-ring (bicyclic) bond motifs is 3. The van der Waals surface area contributed by atoms with Crippen molar-refractivity contribution < 1.29 is 24.2 Å². The molecule has 0 saturated heterocycles. The largest absolute Gasteiger partial charge is 0.424 e. The Balaban J connectivity index is 2.01. The number of hydrogen-bond acceptors (Lipinski definition) is 6. The van der Waals surface area contributed by atoms with Crippen LogP contribution in [0.2, 0.25) is 0 Å². The number of aliphatic hydroxyl groups excluding tert-OH is 1. The number of carbonyl (C=O) groups excluding carboxylic acids is 3. The third-order valence-electron chi connectivity index (χ3n) is 4.79. The number of carbonyl (C=O) groups is 3. The number of aliphatic hydroxyl groups is 1. The third-order valence-corrected chi connectivity index (χ3v) is 6.02. The third kappa shape index (κ3) is 3.41. The SMILES string of the molecule is NC(=O)[C@H]1SCC(=O)c2c1c1c(OC(=O)CO)cccc1n2Cc1ccccc1. The molecule has 0 radical (unpaired) electrons. The lowest BCUT2D eigenvalue weighted by atomic mass is 10.0. The number of amides is 1. The Hall–Kier alpha value is -3.10. The molecule has 29 heavy (non-hydrogen) atoms. The number of benzene rings is 2. The second kappa shape index (κ2) is 7.73. The Bertz CT molecular complexity index is 1120. The topological polar surface area (TPSA) is 112 Å². The zero-order valence-electron chi connectivity index (χ0n) is 15.3. The minimum Gasteiger partial charge on any atom is -0.424 e. The van der Waals surface area contributed by atoms with Gasteiger partial charge in [0.2, 0.25) is 5.91 Å². The van der Waals surface area contributed by atoms with Crippen LogP contribution >= 0.6 is 11.8 Å². The molecular formula is C21H18N2O5S. The first kappa shape index (κ1) is 19.2. The Kier molecular flexibility index (Phi) is 5.12. The van der Waals surface area contributed by atoms with Gasteiger partial charge in [-0.05, 0) is 17.7 Å². The van der Waals surface area contributed by atoms with Crippen LogP contribution in [0.3, 0.4) is 0 Å². The predicted octanol–water partition coefficient (Wildman–Crippen LogP) is 2.04. The summed E-state index contributed by atoms with van der Waals surface area (Å²) in [5.41, 5.74) is 8.13. The molecule has 1 aliphatic heterocycles. The average molecular weight is 410 g/mol. The van der Waals surface area contributed by atoms with E-state index in [1.807, 2.05) is 41.0 Å². The summed E-state index contributed by atoms with van der Waals surface area (Å²) in [6.45, 7) is -0.373. The van der Waals surface area contributed by atoms with Crippen LogP contribution in [-0.2, 0) is 16.1 Å². The van der Waals surface area contributed by atoms with Crippen molar-refractivity contribution in [2.75, 3.05) is 12.4 Å². The lowest BCUT2D eigenvalue weighted by Crippen LogP contribution is -2.27. The van der Waals surface area contributed by atoms with Crippen LogP contribution in [0.15, 0.2) is 48.5 Å². The van der Waals surface area contributed by atoms with Crippen molar-refractivity contribution in [2.24, 2.45) is 5.73 Å². The molecule has 2 heterocycles. The number of aromatic nitrogens is 1. The monoisotopic (exact) mass is 410 g/mol. The number of esters is 1. The van der Waals surface area contributed by atoms with Crippen molar-refractivity contribution in [3.8, 4) is 5.75 Å². The van der Waals surface area contributed by atoms with Crippen LogP contribution in [0.5, 0.6) is 5.75 Å². The molecule has 3 aromatic rings. The van der Waals surface area contributed by atoms with Gasteiger partial charge in [0.05, 0.1) is 17.0 Å². The number of primary amides is 1. The van der Waals surface area contributed by atoms with Crippen molar-refractivity contribution >= 4 is 40.3 Å². The smallest absolute Gasteiger partial charge is 0.337 e. The first-order valence-corrected chi connectivity index (χ1v) is 10.0. The lowest BCUT2D eigenvalue weighted by molar-refractivity contribution is -0.137. The van der Waals surface area contributed by atoms with Crippen LogP contribution in [0, 0.1) is 0 Å². The quantitative estimate of drug-likeness (QED) is 0.492. The summed E-state index contributed by atoms with van der Waals surface area (Å²) in [6.07, 6.45) is 0. The Morgan fingerprint density at radius 3 is 2.62 bits per heavy atom. The molecule has 3 N–H and O–H groups in total. The number of ketones is 1. The maximum atomic E-state index is 12.9. The molecule has 0 aliphatic carbocycles. The Morgan fingerprint density at radius 1 is 1.17 bits per heavy atom. The second-order valence-corrected chi connectivity index (χ2v) is 7.73. The lowest BCUT2D eigenvalue weighted by Gasteiger charge is -2.21. The molecule has 4 rings (SSSR count). The summed E-state index contributed by atoms with van der Waals surface area (Å²) in [4.78, 5) is 36.8. The van der Waals surface area contributed by atoms with E-state index in [1.54, 1.807) is 12.1 Å². The normalized spacial score (nSPS) is 15.9. The van der Waals surface area contributed by atoms with E-state index in [0.717, 1.165) is 17.3 Å². The molecule has 7 nitrogen and oxygen atoms in total. The number of Topliss-reactive ketones (excluding diaryl/α,β-unsaturated/α-hetero) is 1. The van der Waals surface area contributed by atoms with Crippen LogP contribution in [-0.4, -0.2) is 39.7 Å². The summed E-state index contributed by atoms with van der Waals surface area (Å²) in [5.74, 6) is -1.18. The molecule has 0 unspecified atom stereocenters. The van der Waals surface area contributed by atoms with Gasteiger partial charge in [0, 0.05) is 17.5 Å². The van der Waals surface area contributed by atoms with Crippen molar-refractivity contribution in [3.63, 3.8) is 0 Å². The van der Waals surface area contributed by atoms with Gasteiger partial charge >= 0.3 is 5.97 Å². The van der Waals surface area contributed by atoms with E-state index in [-0.39, 0.29) is 17.3 Å². The number of thioether (sulfide) groups is 1. The number of ether oxygens (including phenoxy) is 1. The maximum Gasteiger partial charge on any atom is 0.337 e. The van der Waals surface area contributed by atoms with Crippen molar-refractivity contribution in [3.05, 3.63) is 65.4 Å². The van der Waals surface area contributed by atoms with Gasteiger partial charge in [-0.2, -0.15) is 0 Å². The van der Waals surface area contributed by atoms with Crippen LogP contribution in [0.1, 0.15) is 26.9 Å². The first-order valence-electron chi connectivity index (χ1n) is 8.96. The fourth-order valence-corrected chi connectivity index (χ4v) is 4.68. The van der Waals surface area contributed by atoms with Crippen LogP contribution < -0.4 is 10.5 Å². The van der Waals surface area contributed by atoms with E-state index >= 15 is 0 Å². The standard InChI is InChI=1S/C21H18N2O5S/c22-21(27)20-18-17-13(7-4-8-15(17)28-16(26)10-24)23(19(18)14(25)11-29-20)9-12-5-2-1-3-6-12/h1-8,20,24H,9-11H2,(H2,22,27)/t20-/m0/s1. The molecule has 2 aromatic carbocycles. The van der Waals surface area contributed by atoms with Gasteiger partial charge < -0.3 is 20.1 Å². The second-order valence-electron chi connectivity index (χ2n) is 6.63. The summed E-state index contributed by atoms with van der Waals surface area (Å²) in [7, 11) is 0. The summed E-state index contributed by atoms with van der Waals surface area (Å²) in [6, 6.07) is 14.7. The van der Waals surface area contributed by atoms with Gasteiger partial charge in [0.25, 0.3) is 0 Å². The van der Waals surface area contributed by atoms with Crippen LogP contribution in [0.4, 0.5) is 0 Å². The molecule has 1 aromatic heterocycles. The van der Waals surface area contributed by atoms with Gasteiger partial charge in [-0.1, -0.05) is 36.4 Å². The summed E-state index contributed by atoms with van der Waals surface area (Å²) >= 11 is 1.16. The molecule has 0 bridgehead atoms. The number of rotatable bonds is 5. The van der Waals surface area contributed by atoms with E-state index in [9.17, 15) is 14.4 Å². The van der Waals surface area contributed by atoms with Crippen molar-refractivity contribution in [1.29, 1.82) is 0 Å². The molecule has 0 saturated carbocycles. The molecular weight excluding hydrogens is 392 g/mol.